The van der Waals surface area contributed by atoms with E-state index in [2.05, 4.69) is 33.1 Å². The highest BCUT2D eigenvalue weighted by molar-refractivity contribution is 4.94. The molecule has 0 heterocycles. The first-order chi connectivity index (χ1) is 9.64. The second kappa shape index (κ2) is 9.82. The number of nitrogens with one attached hydrogen (secondary N) is 1. The molecule has 120 valence electrons. The molecule has 1 N–H and O–H groups in total. The van der Waals surface area contributed by atoms with Crippen molar-refractivity contribution in [2.45, 2.75) is 104 Å². The molecule has 0 spiro atoms. The Morgan fingerprint density at radius 2 is 1.55 bits per heavy atom. The molecule has 20 heavy (non-hydrogen) atoms. The van der Waals surface area contributed by atoms with E-state index in [1.807, 2.05) is 0 Å². The van der Waals surface area contributed by atoms with Gasteiger partial charge in [0.1, 0.15) is 0 Å². The summed E-state index contributed by atoms with van der Waals surface area (Å²) in [7, 11) is 2.20. The van der Waals surface area contributed by atoms with Crippen LogP contribution in [0.3, 0.4) is 0 Å². The summed E-state index contributed by atoms with van der Waals surface area (Å²) in [5, 5.41) is 3.69. The molecule has 0 amide bonds. The maximum atomic E-state index is 3.69. The molecular weight excluding hydrogens is 242 g/mol. The van der Waals surface area contributed by atoms with Gasteiger partial charge in [0.25, 0.3) is 0 Å². The van der Waals surface area contributed by atoms with Crippen molar-refractivity contribution in [3.63, 3.8) is 0 Å². The number of hydrogen-bond acceptors (Lipinski definition) is 1. The first kappa shape index (κ1) is 18.0. The molecule has 0 aliphatic heterocycles. The fraction of sp³-hybridized carbons (Fsp3) is 1.00. The van der Waals surface area contributed by atoms with Gasteiger partial charge >= 0.3 is 0 Å². The van der Waals surface area contributed by atoms with Crippen LogP contribution in [0, 0.1) is 11.3 Å². The molecule has 0 saturated heterocycles. The van der Waals surface area contributed by atoms with E-state index in [1.165, 1.54) is 77.0 Å². The minimum Gasteiger partial charge on any atom is -0.316 e. The first-order valence-electron chi connectivity index (χ1n) is 9.32. The Labute approximate surface area is 128 Å². The summed E-state index contributed by atoms with van der Waals surface area (Å²) in [6.07, 6.45) is 17.2. The van der Waals surface area contributed by atoms with Gasteiger partial charge in [-0.1, -0.05) is 72.1 Å². The van der Waals surface area contributed by atoms with Crippen LogP contribution in [-0.2, 0) is 0 Å². The molecule has 1 aliphatic rings. The van der Waals surface area contributed by atoms with Crippen molar-refractivity contribution >= 4 is 0 Å². The SMILES string of the molecule is CCCCCCCCC(NC)C1(CC(C)C)CCCC1. The fourth-order valence-corrected chi connectivity index (χ4v) is 4.47. The molecule has 1 nitrogen and oxygen atoms in total. The normalized spacial score (nSPS) is 19.6. The van der Waals surface area contributed by atoms with E-state index in [4.69, 9.17) is 0 Å². The molecule has 0 aromatic heterocycles. The van der Waals surface area contributed by atoms with Crippen molar-refractivity contribution in [1.29, 1.82) is 0 Å². The van der Waals surface area contributed by atoms with Crippen LogP contribution in [0.25, 0.3) is 0 Å². The average molecular weight is 282 g/mol. The zero-order chi connectivity index (χ0) is 14.8. The third kappa shape index (κ3) is 5.76. The Kier molecular flexibility index (Phi) is 8.84. The molecule has 0 aromatic rings. The second-order valence-electron chi connectivity index (χ2n) is 7.57. The highest BCUT2D eigenvalue weighted by atomic mass is 14.9. The quantitative estimate of drug-likeness (QED) is 0.463. The van der Waals surface area contributed by atoms with Crippen molar-refractivity contribution in [2.75, 3.05) is 7.05 Å². The summed E-state index contributed by atoms with van der Waals surface area (Å²) in [6.45, 7) is 7.10. The lowest BCUT2D eigenvalue weighted by Crippen LogP contribution is -2.43. The van der Waals surface area contributed by atoms with Crippen LogP contribution in [0.1, 0.15) is 97.8 Å². The van der Waals surface area contributed by atoms with Crippen molar-refractivity contribution < 1.29 is 0 Å². The monoisotopic (exact) mass is 281 g/mol. The largest absolute Gasteiger partial charge is 0.316 e. The lowest BCUT2D eigenvalue weighted by atomic mass is 9.71. The molecule has 1 unspecified atom stereocenters. The Morgan fingerprint density at radius 3 is 2.10 bits per heavy atom. The Morgan fingerprint density at radius 1 is 0.950 bits per heavy atom. The van der Waals surface area contributed by atoms with Crippen LogP contribution >= 0.6 is 0 Å². The predicted molar refractivity (Wildman–Crippen MR) is 91.2 cm³/mol. The molecule has 1 heteroatoms. The lowest BCUT2D eigenvalue weighted by molar-refractivity contribution is 0.151. The third-order valence-electron chi connectivity index (χ3n) is 5.35. The maximum Gasteiger partial charge on any atom is 0.0121 e. The van der Waals surface area contributed by atoms with Crippen LogP contribution < -0.4 is 5.32 Å². The summed E-state index contributed by atoms with van der Waals surface area (Å²) in [6, 6.07) is 0.763. The van der Waals surface area contributed by atoms with Crippen molar-refractivity contribution in [2.24, 2.45) is 11.3 Å². The fourth-order valence-electron chi connectivity index (χ4n) is 4.47. The van der Waals surface area contributed by atoms with Gasteiger partial charge in [0, 0.05) is 6.04 Å². The van der Waals surface area contributed by atoms with E-state index in [1.54, 1.807) is 0 Å². The summed E-state index contributed by atoms with van der Waals surface area (Å²) in [5.41, 5.74) is 0.617. The van der Waals surface area contributed by atoms with Gasteiger partial charge in [-0.25, -0.2) is 0 Å². The highest BCUT2D eigenvalue weighted by Crippen LogP contribution is 2.47. The van der Waals surface area contributed by atoms with Crippen molar-refractivity contribution in [1.82, 2.24) is 5.32 Å². The second-order valence-corrected chi connectivity index (χ2v) is 7.57. The summed E-state index contributed by atoms with van der Waals surface area (Å²) in [5.74, 6) is 0.841. The third-order valence-corrected chi connectivity index (χ3v) is 5.35. The van der Waals surface area contributed by atoms with Gasteiger partial charge in [-0.15, -0.1) is 0 Å². The summed E-state index contributed by atoms with van der Waals surface area (Å²) in [4.78, 5) is 0. The standard InChI is InChI=1S/C19H39N/c1-5-6-7-8-9-10-13-18(20-4)19(16-17(2)3)14-11-12-15-19/h17-18,20H,5-16H2,1-4H3. The van der Waals surface area contributed by atoms with Crippen molar-refractivity contribution in [3.05, 3.63) is 0 Å². The van der Waals surface area contributed by atoms with Crippen molar-refractivity contribution in [3.8, 4) is 0 Å². The lowest BCUT2D eigenvalue weighted by Gasteiger charge is -2.39. The van der Waals surface area contributed by atoms with Gasteiger partial charge in [-0.3, -0.25) is 0 Å². The minimum absolute atomic E-state index is 0.617. The Bertz CT molecular complexity index is 228. The summed E-state index contributed by atoms with van der Waals surface area (Å²) >= 11 is 0. The van der Waals surface area contributed by atoms with Gasteiger partial charge in [0.2, 0.25) is 0 Å². The minimum atomic E-state index is 0.617. The molecule has 1 fully saturated rings. The molecule has 0 bridgehead atoms. The number of unbranched alkanes of at least 4 members (excludes halogenated alkanes) is 5. The van der Waals surface area contributed by atoms with Crippen LogP contribution in [0.2, 0.25) is 0 Å². The molecular formula is C19H39N. The van der Waals surface area contributed by atoms with E-state index in [0.717, 1.165) is 12.0 Å². The number of rotatable bonds is 11. The van der Waals surface area contributed by atoms with Gasteiger partial charge in [-0.2, -0.15) is 0 Å². The zero-order valence-electron chi connectivity index (χ0n) is 14.6. The molecule has 1 atom stereocenters. The van der Waals surface area contributed by atoms with Crippen LogP contribution in [0.5, 0.6) is 0 Å². The molecule has 1 rings (SSSR count). The van der Waals surface area contributed by atoms with Crippen LogP contribution in [0.4, 0.5) is 0 Å². The van der Waals surface area contributed by atoms with Gasteiger partial charge in [0.15, 0.2) is 0 Å². The molecule has 1 saturated carbocycles. The van der Waals surface area contributed by atoms with Crippen LogP contribution in [0.15, 0.2) is 0 Å². The predicted octanol–water partition coefficient (Wildman–Crippen LogP) is 5.93. The number of hydrogen-bond donors (Lipinski definition) is 1. The molecule has 0 aromatic carbocycles. The van der Waals surface area contributed by atoms with Gasteiger partial charge in [0.05, 0.1) is 0 Å². The van der Waals surface area contributed by atoms with E-state index < -0.39 is 0 Å². The zero-order valence-corrected chi connectivity index (χ0v) is 14.6. The molecule has 1 aliphatic carbocycles. The van der Waals surface area contributed by atoms with Gasteiger partial charge < -0.3 is 5.32 Å². The average Bonchev–Trinajstić information content (AvgIpc) is 2.86. The van der Waals surface area contributed by atoms with Crippen LogP contribution in [-0.4, -0.2) is 13.1 Å². The highest BCUT2D eigenvalue weighted by Gasteiger charge is 2.40. The topological polar surface area (TPSA) is 12.0 Å². The van der Waals surface area contributed by atoms with E-state index in [0.29, 0.717) is 5.41 Å². The van der Waals surface area contributed by atoms with E-state index in [-0.39, 0.29) is 0 Å². The molecule has 0 radical (unpaired) electrons. The Balaban J connectivity index is 2.37. The Hall–Kier alpha value is -0.0400. The van der Waals surface area contributed by atoms with E-state index >= 15 is 0 Å². The maximum absolute atomic E-state index is 3.69. The smallest absolute Gasteiger partial charge is 0.0121 e. The van der Waals surface area contributed by atoms with E-state index in [9.17, 15) is 0 Å². The van der Waals surface area contributed by atoms with Gasteiger partial charge in [-0.05, 0) is 44.1 Å². The summed E-state index contributed by atoms with van der Waals surface area (Å²) < 4.78 is 0. The first-order valence-corrected chi connectivity index (χ1v) is 9.32.